The number of hydrogen-bond acceptors (Lipinski definition) is 2. The third-order valence-corrected chi connectivity index (χ3v) is 5.95. The number of nitrogens with one attached hydrogen (secondary N) is 1. The molecule has 0 bridgehead atoms. The van der Waals surface area contributed by atoms with Crippen LogP contribution < -0.4 is 4.72 Å². The van der Waals surface area contributed by atoms with E-state index in [1.165, 1.54) is 12.1 Å². The van der Waals surface area contributed by atoms with Crippen LogP contribution in [0, 0.1) is 0 Å². The van der Waals surface area contributed by atoms with Crippen LogP contribution in [0.2, 0.25) is 0 Å². The molecule has 0 spiro atoms. The highest BCUT2D eigenvalue weighted by Gasteiger charge is 2.37. The van der Waals surface area contributed by atoms with Crippen LogP contribution in [0.3, 0.4) is 0 Å². The Bertz CT molecular complexity index is 596. The van der Waals surface area contributed by atoms with Gasteiger partial charge in [-0.25, -0.2) is 13.1 Å². The second kappa shape index (κ2) is 6.26. The highest BCUT2D eigenvalue weighted by Crippen LogP contribution is 2.34. The highest BCUT2D eigenvalue weighted by atomic mass is 79.9. The Morgan fingerprint density at radius 1 is 1.10 bits per heavy atom. The molecule has 118 valence electrons. The summed E-state index contributed by atoms with van der Waals surface area (Å²) >= 11 is 3.45. The van der Waals surface area contributed by atoms with E-state index in [1.807, 2.05) is 0 Å². The van der Waals surface area contributed by atoms with Crippen LogP contribution in [0.15, 0.2) is 29.2 Å². The predicted octanol–water partition coefficient (Wildman–Crippen LogP) is 3.69. The average Bonchev–Trinajstić information content (AvgIpc) is 2.40. The van der Waals surface area contributed by atoms with Gasteiger partial charge in [-0.2, -0.15) is 13.2 Å². The molecule has 0 aromatic heterocycles. The van der Waals surface area contributed by atoms with Gasteiger partial charge in [0, 0.05) is 10.9 Å². The van der Waals surface area contributed by atoms with Crippen molar-refractivity contribution in [2.24, 2.45) is 0 Å². The molecule has 1 aromatic carbocycles. The summed E-state index contributed by atoms with van der Waals surface area (Å²) in [5.41, 5.74) is -1.13. The van der Waals surface area contributed by atoms with E-state index in [1.54, 1.807) is 0 Å². The van der Waals surface area contributed by atoms with Crippen LogP contribution in [-0.2, 0) is 16.2 Å². The Labute approximate surface area is 130 Å². The molecule has 1 aliphatic rings. The molecule has 8 heteroatoms. The minimum absolute atomic E-state index is 0.315. The lowest BCUT2D eigenvalue weighted by atomic mass is 9.96. The van der Waals surface area contributed by atoms with Gasteiger partial charge in [0.15, 0.2) is 0 Å². The van der Waals surface area contributed by atoms with Crippen LogP contribution in [0.4, 0.5) is 13.2 Å². The monoisotopic (exact) mass is 385 g/mol. The first-order valence-electron chi connectivity index (χ1n) is 6.53. The quantitative estimate of drug-likeness (QED) is 0.806. The van der Waals surface area contributed by atoms with E-state index in [0.717, 1.165) is 25.0 Å². The summed E-state index contributed by atoms with van der Waals surface area (Å²) in [6, 6.07) is 3.92. The maximum absolute atomic E-state index is 12.9. The molecule has 1 N–H and O–H groups in total. The lowest BCUT2D eigenvalue weighted by Crippen LogP contribution is -2.38. The van der Waals surface area contributed by atoms with Crippen LogP contribution in [-0.4, -0.2) is 19.3 Å². The average molecular weight is 386 g/mol. The highest BCUT2D eigenvalue weighted by molar-refractivity contribution is 9.09. The lowest BCUT2D eigenvalue weighted by Gasteiger charge is -2.26. The van der Waals surface area contributed by atoms with Gasteiger partial charge in [0.25, 0.3) is 0 Å². The third-order valence-electron chi connectivity index (χ3n) is 3.46. The largest absolute Gasteiger partial charge is 0.417 e. The minimum atomic E-state index is -4.70. The number of rotatable bonds is 3. The maximum atomic E-state index is 12.9. The molecule has 2 rings (SSSR count). The zero-order valence-corrected chi connectivity index (χ0v) is 13.4. The van der Waals surface area contributed by atoms with Crippen molar-refractivity contribution in [3.63, 3.8) is 0 Å². The van der Waals surface area contributed by atoms with E-state index >= 15 is 0 Å². The Hall–Kier alpha value is -0.600. The molecule has 0 heterocycles. The maximum Gasteiger partial charge on any atom is 0.417 e. The van der Waals surface area contributed by atoms with Gasteiger partial charge in [0.2, 0.25) is 10.0 Å². The SMILES string of the molecule is O=S(=O)(NC1CCC(Br)CC1)c1ccccc1C(F)(F)F. The minimum Gasteiger partial charge on any atom is -0.208 e. The van der Waals surface area contributed by atoms with Gasteiger partial charge in [-0.05, 0) is 37.8 Å². The molecule has 0 unspecified atom stereocenters. The first kappa shape index (κ1) is 16.8. The van der Waals surface area contributed by atoms with Gasteiger partial charge in [-0.1, -0.05) is 28.1 Å². The molecule has 21 heavy (non-hydrogen) atoms. The summed E-state index contributed by atoms with van der Waals surface area (Å²) in [4.78, 5) is -0.362. The van der Waals surface area contributed by atoms with Gasteiger partial charge in [-0.15, -0.1) is 0 Å². The Balaban J connectivity index is 2.24. The van der Waals surface area contributed by atoms with Crippen molar-refractivity contribution < 1.29 is 21.6 Å². The molecule has 3 nitrogen and oxygen atoms in total. The molecule has 0 aliphatic heterocycles. The van der Waals surface area contributed by atoms with Crippen molar-refractivity contribution in [3.05, 3.63) is 29.8 Å². The molecule has 1 saturated carbocycles. The fraction of sp³-hybridized carbons (Fsp3) is 0.538. The molecule has 1 fully saturated rings. The summed E-state index contributed by atoms with van der Waals surface area (Å²) in [6.07, 6.45) is -1.87. The Morgan fingerprint density at radius 3 is 2.24 bits per heavy atom. The van der Waals surface area contributed by atoms with Crippen LogP contribution in [0.5, 0.6) is 0 Å². The van der Waals surface area contributed by atoms with Crippen molar-refractivity contribution in [3.8, 4) is 0 Å². The Morgan fingerprint density at radius 2 is 1.67 bits per heavy atom. The van der Waals surface area contributed by atoms with E-state index in [9.17, 15) is 21.6 Å². The van der Waals surface area contributed by atoms with Gasteiger partial charge >= 0.3 is 6.18 Å². The normalized spacial score (nSPS) is 24.0. The number of alkyl halides is 4. The van der Waals surface area contributed by atoms with E-state index in [0.29, 0.717) is 17.7 Å². The van der Waals surface area contributed by atoms with Crippen molar-refractivity contribution in [2.45, 2.75) is 47.6 Å². The summed E-state index contributed by atoms with van der Waals surface area (Å²) < 4.78 is 65.6. The van der Waals surface area contributed by atoms with Crippen LogP contribution in [0.25, 0.3) is 0 Å². The van der Waals surface area contributed by atoms with E-state index in [-0.39, 0.29) is 6.04 Å². The van der Waals surface area contributed by atoms with Crippen LogP contribution in [0.1, 0.15) is 31.2 Å². The number of sulfonamides is 1. The smallest absolute Gasteiger partial charge is 0.208 e. The van der Waals surface area contributed by atoms with E-state index < -0.39 is 26.7 Å². The summed E-state index contributed by atoms with van der Waals surface area (Å²) in [5.74, 6) is 0. The van der Waals surface area contributed by atoms with Gasteiger partial charge in [0.05, 0.1) is 10.5 Å². The Kier molecular flexibility index (Phi) is 4.99. The summed E-state index contributed by atoms with van der Waals surface area (Å²) in [7, 11) is -4.18. The van der Waals surface area contributed by atoms with Gasteiger partial charge < -0.3 is 0 Å². The third kappa shape index (κ3) is 4.20. The summed E-state index contributed by atoms with van der Waals surface area (Å²) in [6.45, 7) is 0. The molecule has 0 saturated heterocycles. The molecule has 0 radical (unpaired) electrons. The zero-order chi connectivity index (χ0) is 15.7. The second-order valence-electron chi connectivity index (χ2n) is 5.06. The first-order chi connectivity index (χ1) is 9.70. The standard InChI is InChI=1S/C13H15BrF3NO2S/c14-9-5-7-10(8-6-9)18-21(19,20)12-4-2-1-3-11(12)13(15,16)17/h1-4,9-10,18H,5-8H2. The van der Waals surface area contributed by atoms with E-state index in [4.69, 9.17) is 0 Å². The van der Waals surface area contributed by atoms with Crippen LogP contribution >= 0.6 is 15.9 Å². The molecule has 0 amide bonds. The number of benzene rings is 1. The molecule has 1 aromatic rings. The molecule has 0 atom stereocenters. The lowest BCUT2D eigenvalue weighted by molar-refractivity contribution is -0.139. The number of hydrogen-bond donors (Lipinski definition) is 1. The zero-order valence-electron chi connectivity index (χ0n) is 11.0. The molecular weight excluding hydrogens is 371 g/mol. The van der Waals surface area contributed by atoms with Crippen molar-refractivity contribution in [1.29, 1.82) is 0 Å². The number of halogens is 4. The molecular formula is C13H15BrF3NO2S. The van der Waals surface area contributed by atoms with Crippen molar-refractivity contribution in [1.82, 2.24) is 4.72 Å². The summed E-state index contributed by atoms with van der Waals surface area (Å²) in [5, 5.41) is 0. The van der Waals surface area contributed by atoms with Gasteiger partial charge in [0.1, 0.15) is 0 Å². The fourth-order valence-corrected chi connectivity index (χ4v) is 4.45. The predicted molar refractivity (Wildman–Crippen MR) is 76.7 cm³/mol. The van der Waals surface area contributed by atoms with Crippen molar-refractivity contribution in [2.75, 3.05) is 0 Å². The first-order valence-corrected chi connectivity index (χ1v) is 8.92. The second-order valence-corrected chi connectivity index (χ2v) is 8.04. The van der Waals surface area contributed by atoms with E-state index in [2.05, 4.69) is 20.7 Å². The van der Waals surface area contributed by atoms with Crippen molar-refractivity contribution >= 4 is 26.0 Å². The molecule has 1 aliphatic carbocycles. The topological polar surface area (TPSA) is 46.2 Å². The van der Waals surface area contributed by atoms with Gasteiger partial charge in [-0.3, -0.25) is 0 Å². The fourth-order valence-electron chi connectivity index (χ4n) is 2.39.